The van der Waals surface area contributed by atoms with Crippen molar-refractivity contribution in [3.8, 4) is 17.2 Å². The highest BCUT2D eigenvalue weighted by Gasteiger charge is 2.42. The van der Waals surface area contributed by atoms with Crippen LogP contribution in [0.4, 0.5) is 13.2 Å². The molecule has 164 valence electrons. The van der Waals surface area contributed by atoms with Crippen LogP contribution >= 0.6 is 0 Å². The van der Waals surface area contributed by atoms with E-state index in [1.54, 1.807) is 11.9 Å². The fourth-order valence-corrected chi connectivity index (χ4v) is 3.02. The Morgan fingerprint density at radius 1 is 1.03 bits per heavy atom. The molecule has 0 aliphatic heterocycles. The van der Waals surface area contributed by atoms with Gasteiger partial charge in [-0.3, -0.25) is 9.69 Å². The van der Waals surface area contributed by atoms with E-state index < -0.39 is 18.1 Å². The minimum Gasteiger partial charge on any atom is -0.493 e. The van der Waals surface area contributed by atoms with E-state index in [0.29, 0.717) is 6.54 Å². The molecule has 0 aliphatic rings. The lowest BCUT2D eigenvalue weighted by molar-refractivity contribution is -0.163. The van der Waals surface area contributed by atoms with Gasteiger partial charge in [-0.1, -0.05) is 30.3 Å². The van der Waals surface area contributed by atoms with E-state index in [4.69, 9.17) is 14.2 Å². The van der Waals surface area contributed by atoms with E-state index in [0.717, 1.165) is 5.56 Å². The lowest BCUT2D eigenvalue weighted by Gasteiger charge is -2.25. The Morgan fingerprint density at radius 3 is 2.07 bits per heavy atom. The molecule has 0 spiro atoms. The van der Waals surface area contributed by atoms with Gasteiger partial charge in [-0.15, -0.1) is 0 Å². The number of amides is 1. The lowest BCUT2D eigenvalue weighted by atomic mass is 10.0. The molecule has 0 saturated carbocycles. The largest absolute Gasteiger partial charge is 0.493 e. The Balaban J connectivity index is 2.21. The van der Waals surface area contributed by atoms with Gasteiger partial charge in [0.25, 0.3) is 0 Å². The number of ether oxygens (including phenoxy) is 3. The first-order chi connectivity index (χ1) is 14.2. The van der Waals surface area contributed by atoms with Crippen molar-refractivity contribution < 1.29 is 32.2 Å². The molecule has 0 heterocycles. The van der Waals surface area contributed by atoms with Crippen LogP contribution in [0.15, 0.2) is 42.5 Å². The fourth-order valence-electron chi connectivity index (χ4n) is 3.02. The van der Waals surface area contributed by atoms with E-state index in [1.807, 2.05) is 30.3 Å². The third kappa shape index (κ3) is 6.03. The van der Waals surface area contributed by atoms with Crippen molar-refractivity contribution in [1.82, 2.24) is 10.2 Å². The minimum absolute atomic E-state index is 0.0662. The fraction of sp³-hybridized carbons (Fsp3) is 0.381. The van der Waals surface area contributed by atoms with Gasteiger partial charge in [0.05, 0.1) is 27.9 Å². The Labute approximate surface area is 173 Å². The van der Waals surface area contributed by atoms with Crippen LogP contribution in [-0.4, -0.2) is 51.9 Å². The molecule has 6 nitrogen and oxygen atoms in total. The lowest BCUT2D eigenvalue weighted by Crippen LogP contribution is -2.42. The molecule has 1 N–H and O–H groups in total. The zero-order valence-electron chi connectivity index (χ0n) is 17.2. The molecule has 1 amide bonds. The van der Waals surface area contributed by atoms with Gasteiger partial charge >= 0.3 is 6.18 Å². The van der Waals surface area contributed by atoms with Crippen molar-refractivity contribution in [3.63, 3.8) is 0 Å². The Kier molecular flexibility index (Phi) is 7.93. The molecule has 0 unspecified atom stereocenters. The quantitative estimate of drug-likeness (QED) is 0.665. The predicted octanol–water partition coefficient (Wildman–Crippen LogP) is 3.56. The third-order valence-electron chi connectivity index (χ3n) is 4.36. The maximum atomic E-state index is 13.8. The average molecular weight is 426 g/mol. The normalized spacial score (nSPS) is 12.4. The zero-order chi connectivity index (χ0) is 22.3. The van der Waals surface area contributed by atoms with E-state index in [-0.39, 0.29) is 29.4 Å². The van der Waals surface area contributed by atoms with Gasteiger partial charge in [-0.2, -0.15) is 13.2 Å². The van der Waals surface area contributed by atoms with Crippen LogP contribution in [0, 0.1) is 0 Å². The smallest absolute Gasteiger partial charge is 0.412 e. The summed E-state index contributed by atoms with van der Waals surface area (Å²) in [5, 5.41) is 2.07. The number of methoxy groups -OCH3 is 3. The highest BCUT2D eigenvalue weighted by molar-refractivity contribution is 5.78. The van der Waals surface area contributed by atoms with Crippen LogP contribution in [0.2, 0.25) is 0 Å². The van der Waals surface area contributed by atoms with Gasteiger partial charge in [0.1, 0.15) is 0 Å². The number of carbonyl (C=O) groups is 1. The molecule has 2 aromatic rings. The first-order valence-corrected chi connectivity index (χ1v) is 9.08. The molecular weight excluding hydrogens is 401 g/mol. The molecule has 1 atom stereocenters. The number of hydrogen-bond acceptors (Lipinski definition) is 5. The number of likely N-dealkylation sites (N-methyl/N-ethyl adjacent to an activating group) is 1. The number of nitrogens with one attached hydrogen (secondary N) is 1. The number of benzene rings is 2. The number of nitrogens with zero attached hydrogens (tertiary/aromatic N) is 1. The van der Waals surface area contributed by atoms with Crippen LogP contribution in [0.25, 0.3) is 0 Å². The van der Waals surface area contributed by atoms with Crippen LogP contribution in [0.5, 0.6) is 17.2 Å². The number of halogens is 3. The van der Waals surface area contributed by atoms with Crippen molar-refractivity contribution >= 4 is 5.91 Å². The van der Waals surface area contributed by atoms with E-state index in [2.05, 4.69) is 5.32 Å². The molecule has 0 radical (unpaired) electrons. The van der Waals surface area contributed by atoms with E-state index >= 15 is 0 Å². The summed E-state index contributed by atoms with van der Waals surface area (Å²) in [7, 11) is 5.63. The molecular formula is C21H25F3N2O4. The van der Waals surface area contributed by atoms with Gasteiger partial charge in [-0.05, 0) is 30.3 Å². The predicted molar refractivity (Wildman–Crippen MR) is 106 cm³/mol. The number of alkyl halides is 3. The van der Waals surface area contributed by atoms with Crippen LogP contribution < -0.4 is 19.5 Å². The highest BCUT2D eigenvalue weighted by atomic mass is 19.4. The van der Waals surface area contributed by atoms with Crippen LogP contribution in [0.1, 0.15) is 17.2 Å². The Morgan fingerprint density at radius 2 is 1.60 bits per heavy atom. The second-order valence-electron chi connectivity index (χ2n) is 6.66. The number of carbonyl (C=O) groups excluding carboxylic acids is 1. The molecule has 0 fully saturated rings. The monoisotopic (exact) mass is 426 g/mol. The molecule has 0 aliphatic carbocycles. The maximum absolute atomic E-state index is 13.8. The van der Waals surface area contributed by atoms with Crippen molar-refractivity contribution in [3.05, 3.63) is 53.6 Å². The van der Waals surface area contributed by atoms with Crippen LogP contribution in [0.3, 0.4) is 0 Å². The summed E-state index contributed by atoms with van der Waals surface area (Å²) in [6.45, 7) is 0.223. The number of rotatable bonds is 9. The first kappa shape index (κ1) is 23.3. The summed E-state index contributed by atoms with van der Waals surface area (Å²) < 4.78 is 56.7. The summed E-state index contributed by atoms with van der Waals surface area (Å²) in [6, 6.07) is 9.44. The van der Waals surface area contributed by atoms with Gasteiger partial charge in [0.2, 0.25) is 11.7 Å². The molecule has 0 saturated heterocycles. The SMILES string of the molecule is COc1cc([C@H](NC(=O)CN(C)Cc2ccccc2)C(F)(F)F)cc(OC)c1OC. The highest BCUT2D eigenvalue weighted by Crippen LogP contribution is 2.42. The molecule has 2 aromatic carbocycles. The third-order valence-corrected chi connectivity index (χ3v) is 4.36. The standard InChI is InChI=1S/C21H25F3N2O4/c1-26(12-14-8-6-5-7-9-14)13-18(27)25-20(21(22,23)24)15-10-16(28-2)19(30-4)17(11-15)29-3/h5-11,20H,12-13H2,1-4H3,(H,25,27)/t20-/m0/s1. The van der Waals surface area contributed by atoms with Gasteiger partial charge < -0.3 is 19.5 Å². The second-order valence-corrected chi connectivity index (χ2v) is 6.66. The average Bonchev–Trinajstić information content (AvgIpc) is 2.70. The number of hydrogen-bond donors (Lipinski definition) is 1. The zero-order valence-corrected chi connectivity index (χ0v) is 17.2. The van der Waals surface area contributed by atoms with Gasteiger partial charge in [-0.25, -0.2) is 0 Å². The Hall–Kier alpha value is -2.94. The molecule has 30 heavy (non-hydrogen) atoms. The van der Waals surface area contributed by atoms with Crippen molar-refractivity contribution in [2.75, 3.05) is 34.9 Å². The summed E-state index contributed by atoms with van der Waals surface area (Å²) in [5.41, 5.74) is 0.723. The Bertz CT molecular complexity index is 819. The maximum Gasteiger partial charge on any atom is 0.412 e. The second kappa shape index (κ2) is 10.2. The van der Waals surface area contributed by atoms with Crippen molar-refractivity contribution in [2.24, 2.45) is 0 Å². The van der Waals surface area contributed by atoms with Crippen LogP contribution in [-0.2, 0) is 11.3 Å². The summed E-state index contributed by atoms with van der Waals surface area (Å²) in [6.07, 6.45) is -4.72. The van der Waals surface area contributed by atoms with Crippen molar-refractivity contribution in [2.45, 2.75) is 18.8 Å². The first-order valence-electron chi connectivity index (χ1n) is 9.08. The molecule has 2 rings (SSSR count). The van der Waals surface area contributed by atoms with Gasteiger partial charge in [0.15, 0.2) is 17.5 Å². The molecule has 9 heteroatoms. The summed E-state index contributed by atoms with van der Waals surface area (Å²) >= 11 is 0. The van der Waals surface area contributed by atoms with Crippen molar-refractivity contribution in [1.29, 1.82) is 0 Å². The molecule has 0 aromatic heterocycles. The topological polar surface area (TPSA) is 60.0 Å². The van der Waals surface area contributed by atoms with Gasteiger partial charge in [0, 0.05) is 6.54 Å². The van der Waals surface area contributed by atoms with E-state index in [9.17, 15) is 18.0 Å². The molecule has 0 bridgehead atoms. The summed E-state index contributed by atoms with van der Waals surface area (Å²) in [5.74, 6) is -0.462. The minimum atomic E-state index is -4.72. The summed E-state index contributed by atoms with van der Waals surface area (Å²) in [4.78, 5) is 14.0. The van der Waals surface area contributed by atoms with E-state index in [1.165, 1.54) is 33.5 Å².